The monoisotopic (exact) mass is 336 g/mol. The summed E-state index contributed by atoms with van der Waals surface area (Å²) in [7, 11) is 0. The van der Waals surface area contributed by atoms with Crippen molar-refractivity contribution in [2.24, 2.45) is 0 Å². The number of likely N-dealkylation sites (tertiary alicyclic amines) is 1. The van der Waals surface area contributed by atoms with E-state index in [4.69, 9.17) is 0 Å². The van der Waals surface area contributed by atoms with Crippen molar-refractivity contribution in [2.75, 3.05) is 13.1 Å². The Labute approximate surface area is 148 Å². The summed E-state index contributed by atoms with van der Waals surface area (Å²) in [5, 5.41) is 3.11. The lowest BCUT2D eigenvalue weighted by molar-refractivity contribution is -0.137. The summed E-state index contributed by atoms with van der Waals surface area (Å²) in [6, 6.07) is 17.9. The molecule has 0 radical (unpaired) electrons. The van der Waals surface area contributed by atoms with E-state index in [-0.39, 0.29) is 24.4 Å². The van der Waals surface area contributed by atoms with Gasteiger partial charge in [-0.15, -0.1) is 0 Å². The van der Waals surface area contributed by atoms with Gasteiger partial charge in [-0.25, -0.2) is 0 Å². The molecule has 25 heavy (non-hydrogen) atoms. The summed E-state index contributed by atoms with van der Waals surface area (Å²) >= 11 is 0. The number of carbonyl (C=O) groups is 2. The van der Waals surface area contributed by atoms with Gasteiger partial charge < -0.3 is 10.2 Å². The molecule has 0 bridgehead atoms. The largest absolute Gasteiger partial charge is 0.344 e. The molecule has 130 valence electrons. The second-order valence-corrected chi connectivity index (χ2v) is 6.60. The van der Waals surface area contributed by atoms with Gasteiger partial charge in [0.15, 0.2) is 0 Å². The highest BCUT2D eigenvalue weighted by Crippen LogP contribution is 2.23. The van der Waals surface area contributed by atoms with Gasteiger partial charge in [0.05, 0.1) is 12.6 Å². The maximum absolute atomic E-state index is 12.6. The molecule has 0 aromatic heterocycles. The van der Waals surface area contributed by atoms with E-state index in [2.05, 4.69) is 11.4 Å². The summed E-state index contributed by atoms with van der Waals surface area (Å²) in [5.74, 6) is -0.0428. The van der Waals surface area contributed by atoms with Crippen molar-refractivity contribution in [3.63, 3.8) is 0 Å². The Bertz CT molecular complexity index is 743. The zero-order valence-electron chi connectivity index (χ0n) is 14.6. The number of hydrogen-bond acceptors (Lipinski definition) is 2. The first-order chi connectivity index (χ1) is 12.1. The Hall–Kier alpha value is -2.62. The third-order valence-electron chi connectivity index (χ3n) is 4.57. The predicted octanol–water partition coefficient (Wildman–Crippen LogP) is 3.21. The molecule has 1 saturated heterocycles. The van der Waals surface area contributed by atoms with Gasteiger partial charge in [-0.1, -0.05) is 60.2 Å². The number of hydrogen-bond donors (Lipinski definition) is 1. The number of benzene rings is 2. The Kier molecular flexibility index (Phi) is 5.49. The lowest BCUT2D eigenvalue weighted by Crippen LogP contribution is -2.44. The molecule has 0 saturated carbocycles. The average Bonchev–Trinajstić information content (AvgIpc) is 2.62. The van der Waals surface area contributed by atoms with Crippen molar-refractivity contribution in [2.45, 2.75) is 32.2 Å². The van der Waals surface area contributed by atoms with Crippen LogP contribution in [-0.4, -0.2) is 29.8 Å². The van der Waals surface area contributed by atoms with Crippen LogP contribution in [-0.2, 0) is 9.59 Å². The number of nitrogens with zero attached hydrogens (tertiary/aromatic N) is 1. The Morgan fingerprint density at radius 3 is 2.56 bits per heavy atom. The summed E-state index contributed by atoms with van der Waals surface area (Å²) in [4.78, 5) is 26.2. The van der Waals surface area contributed by atoms with Gasteiger partial charge in [-0.2, -0.15) is 0 Å². The summed E-state index contributed by atoms with van der Waals surface area (Å²) in [6.07, 6.45) is 2.44. The topological polar surface area (TPSA) is 49.4 Å². The molecule has 0 unspecified atom stereocenters. The molecule has 1 atom stereocenters. The van der Waals surface area contributed by atoms with Gasteiger partial charge in [-0.05, 0) is 30.9 Å². The van der Waals surface area contributed by atoms with E-state index in [0.717, 1.165) is 29.5 Å². The Balaban J connectivity index is 1.78. The average molecular weight is 336 g/mol. The fourth-order valence-electron chi connectivity index (χ4n) is 3.26. The zero-order chi connectivity index (χ0) is 17.6. The standard InChI is InChI=1S/C21H24N2O2/c1-16-8-7-11-18(14-16)21(17-9-3-2-4-10-17)22-19(24)15-23-13-6-5-12-20(23)25/h2-4,7-11,14,21H,5-6,12-13,15H2,1H3,(H,22,24)/t21-/m1/s1. The van der Waals surface area contributed by atoms with Gasteiger partial charge in [0, 0.05) is 13.0 Å². The highest BCUT2D eigenvalue weighted by Gasteiger charge is 2.23. The van der Waals surface area contributed by atoms with Crippen LogP contribution in [0, 0.1) is 6.92 Å². The molecule has 1 aliphatic heterocycles. The van der Waals surface area contributed by atoms with Gasteiger partial charge in [0.2, 0.25) is 11.8 Å². The maximum atomic E-state index is 12.6. The molecule has 0 spiro atoms. The third-order valence-corrected chi connectivity index (χ3v) is 4.57. The third kappa shape index (κ3) is 4.47. The van der Waals surface area contributed by atoms with E-state index in [1.54, 1.807) is 4.90 Å². The lowest BCUT2D eigenvalue weighted by atomic mass is 9.97. The molecule has 3 rings (SSSR count). The zero-order valence-corrected chi connectivity index (χ0v) is 14.6. The molecule has 2 aromatic rings. The van der Waals surface area contributed by atoms with Crippen molar-refractivity contribution in [1.82, 2.24) is 10.2 Å². The fraction of sp³-hybridized carbons (Fsp3) is 0.333. The van der Waals surface area contributed by atoms with E-state index in [1.807, 2.05) is 55.5 Å². The van der Waals surface area contributed by atoms with Crippen LogP contribution in [0.4, 0.5) is 0 Å². The van der Waals surface area contributed by atoms with E-state index >= 15 is 0 Å². The summed E-state index contributed by atoms with van der Waals surface area (Å²) in [5.41, 5.74) is 3.23. The van der Waals surface area contributed by atoms with Crippen molar-refractivity contribution in [3.05, 3.63) is 71.3 Å². The number of rotatable bonds is 5. The van der Waals surface area contributed by atoms with Gasteiger partial charge in [0.1, 0.15) is 0 Å². The first-order valence-corrected chi connectivity index (χ1v) is 8.82. The first-order valence-electron chi connectivity index (χ1n) is 8.82. The second kappa shape index (κ2) is 7.97. The molecule has 1 N–H and O–H groups in total. The molecule has 1 fully saturated rings. The van der Waals surface area contributed by atoms with Crippen LogP contribution in [0.3, 0.4) is 0 Å². The first kappa shape index (κ1) is 17.2. The van der Waals surface area contributed by atoms with Crippen LogP contribution in [0.1, 0.15) is 42.0 Å². The predicted molar refractivity (Wildman–Crippen MR) is 98.0 cm³/mol. The van der Waals surface area contributed by atoms with Crippen LogP contribution in [0.15, 0.2) is 54.6 Å². The maximum Gasteiger partial charge on any atom is 0.240 e. The minimum Gasteiger partial charge on any atom is -0.344 e. The molecular formula is C21H24N2O2. The summed E-state index contributed by atoms with van der Waals surface area (Å²) in [6.45, 7) is 2.85. The Morgan fingerprint density at radius 1 is 1.08 bits per heavy atom. The van der Waals surface area contributed by atoms with Gasteiger partial charge >= 0.3 is 0 Å². The fourth-order valence-corrected chi connectivity index (χ4v) is 3.26. The highest BCUT2D eigenvalue weighted by atomic mass is 16.2. The van der Waals surface area contributed by atoms with Crippen LogP contribution >= 0.6 is 0 Å². The molecule has 1 heterocycles. The quantitative estimate of drug-likeness (QED) is 0.911. The van der Waals surface area contributed by atoms with Crippen molar-refractivity contribution >= 4 is 11.8 Å². The number of nitrogens with one attached hydrogen (secondary N) is 1. The lowest BCUT2D eigenvalue weighted by Gasteiger charge is -2.27. The van der Waals surface area contributed by atoms with Gasteiger partial charge in [-0.3, -0.25) is 9.59 Å². The molecule has 2 amide bonds. The van der Waals surface area contributed by atoms with Crippen molar-refractivity contribution < 1.29 is 9.59 Å². The molecular weight excluding hydrogens is 312 g/mol. The van der Waals surface area contributed by atoms with E-state index in [0.29, 0.717) is 13.0 Å². The van der Waals surface area contributed by atoms with Crippen LogP contribution in [0.2, 0.25) is 0 Å². The SMILES string of the molecule is Cc1cccc([C@H](NC(=O)CN2CCCCC2=O)c2ccccc2)c1. The summed E-state index contributed by atoms with van der Waals surface area (Å²) < 4.78 is 0. The van der Waals surface area contributed by atoms with Crippen molar-refractivity contribution in [3.8, 4) is 0 Å². The normalized spacial score (nSPS) is 15.7. The number of aryl methyl sites for hydroxylation is 1. The van der Waals surface area contributed by atoms with Crippen LogP contribution < -0.4 is 5.32 Å². The van der Waals surface area contributed by atoms with Gasteiger partial charge in [0.25, 0.3) is 0 Å². The molecule has 2 aromatic carbocycles. The van der Waals surface area contributed by atoms with E-state index < -0.39 is 0 Å². The number of amides is 2. The Morgan fingerprint density at radius 2 is 1.84 bits per heavy atom. The number of piperidine rings is 1. The van der Waals surface area contributed by atoms with E-state index in [9.17, 15) is 9.59 Å². The molecule has 0 aliphatic carbocycles. The minimum atomic E-state index is -0.214. The minimum absolute atomic E-state index is 0.0771. The number of carbonyl (C=O) groups excluding carboxylic acids is 2. The van der Waals surface area contributed by atoms with E-state index in [1.165, 1.54) is 0 Å². The second-order valence-electron chi connectivity index (χ2n) is 6.60. The molecule has 4 nitrogen and oxygen atoms in total. The van der Waals surface area contributed by atoms with Crippen molar-refractivity contribution in [1.29, 1.82) is 0 Å². The van der Waals surface area contributed by atoms with Crippen LogP contribution in [0.5, 0.6) is 0 Å². The van der Waals surface area contributed by atoms with Crippen LogP contribution in [0.25, 0.3) is 0 Å². The molecule has 1 aliphatic rings. The highest BCUT2D eigenvalue weighted by molar-refractivity contribution is 5.85. The smallest absolute Gasteiger partial charge is 0.240 e. The molecule has 4 heteroatoms.